The van der Waals surface area contributed by atoms with E-state index in [1.54, 1.807) is 17.9 Å². The topological polar surface area (TPSA) is 76.5 Å². The molecule has 186 valence electrons. The summed E-state index contributed by atoms with van der Waals surface area (Å²) in [5.41, 5.74) is 2.32. The second-order valence-electron chi connectivity index (χ2n) is 9.37. The van der Waals surface area contributed by atoms with Gasteiger partial charge in [0.05, 0.1) is 29.6 Å². The first-order valence-corrected chi connectivity index (χ1v) is 12.0. The molecule has 0 saturated carbocycles. The van der Waals surface area contributed by atoms with Gasteiger partial charge in [-0.3, -0.25) is 9.59 Å². The first-order valence-electron chi connectivity index (χ1n) is 11.6. The number of carbonyl (C=O) groups excluding carboxylic acids is 2. The Kier molecular flexibility index (Phi) is 9.07. The van der Waals surface area contributed by atoms with Gasteiger partial charge in [0, 0.05) is 31.6 Å². The molecule has 0 bridgehead atoms. The van der Waals surface area contributed by atoms with Gasteiger partial charge in [-0.05, 0) is 24.1 Å². The van der Waals surface area contributed by atoms with E-state index in [1.807, 2.05) is 54.6 Å². The minimum atomic E-state index is -0.317. The van der Waals surface area contributed by atoms with E-state index in [2.05, 4.69) is 26.1 Å². The zero-order valence-corrected chi connectivity index (χ0v) is 21.5. The van der Waals surface area contributed by atoms with Crippen LogP contribution in [0.2, 0.25) is 5.02 Å². The van der Waals surface area contributed by atoms with E-state index in [-0.39, 0.29) is 23.8 Å². The lowest BCUT2D eigenvalue weighted by Gasteiger charge is -2.22. The number of hydrogen-bond acceptors (Lipinski definition) is 4. The van der Waals surface area contributed by atoms with Crippen molar-refractivity contribution in [3.63, 3.8) is 0 Å². The summed E-state index contributed by atoms with van der Waals surface area (Å²) in [4.78, 5) is 27.5. The number of aryl methyl sites for hydroxylation is 1. The molecule has 0 unspecified atom stereocenters. The van der Waals surface area contributed by atoms with Crippen LogP contribution in [0.5, 0.6) is 0 Å². The Morgan fingerprint density at radius 1 is 1.09 bits per heavy atom. The van der Waals surface area contributed by atoms with E-state index in [1.165, 1.54) is 4.90 Å². The fourth-order valence-electron chi connectivity index (χ4n) is 3.55. The van der Waals surface area contributed by atoms with Gasteiger partial charge in [0.1, 0.15) is 5.82 Å². The van der Waals surface area contributed by atoms with E-state index in [0.29, 0.717) is 42.5 Å². The van der Waals surface area contributed by atoms with Crippen LogP contribution >= 0.6 is 11.6 Å². The number of nitrogens with one attached hydrogen (secondary N) is 1. The number of hydrogen-bond donors (Lipinski definition) is 1. The van der Waals surface area contributed by atoms with Crippen molar-refractivity contribution in [1.29, 1.82) is 0 Å². The number of rotatable bonds is 10. The van der Waals surface area contributed by atoms with Gasteiger partial charge < -0.3 is 15.0 Å². The van der Waals surface area contributed by atoms with Crippen LogP contribution in [0.3, 0.4) is 0 Å². The van der Waals surface area contributed by atoms with Crippen molar-refractivity contribution >= 4 is 29.2 Å². The monoisotopic (exact) mass is 496 g/mol. The Balaban J connectivity index is 1.76. The summed E-state index contributed by atoms with van der Waals surface area (Å²) in [5, 5.41) is 8.16. The largest absolute Gasteiger partial charge is 0.383 e. The molecule has 1 aromatic heterocycles. The summed E-state index contributed by atoms with van der Waals surface area (Å²) >= 11 is 6.42. The maximum atomic E-state index is 13.1. The molecule has 0 atom stereocenters. The van der Waals surface area contributed by atoms with Gasteiger partial charge in [0.25, 0.3) is 0 Å². The fourth-order valence-corrected chi connectivity index (χ4v) is 3.76. The average Bonchev–Trinajstić information content (AvgIpc) is 3.25. The van der Waals surface area contributed by atoms with Crippen LogP contribution in [0.25, 0.3) is 5.69 Å². The second kappa shape index (κ2) is 12.0. The number of methoxy groups -OCH3 is 1. The van der Waals surface area contributed by atoms with Crippen molar-refractivity contribution in [2.45, 2.75) is 39.0 Å². The van der Waals surface area contributed by atoms with Crippen molar-refractivity contribution in [2.24, 2.45) is 0 Å². The zero-order valence-electron chi connectivity index (χ0n) is 20.8. The summed E-state index contributed by atoms with van der Waals surface area (Å²) < 4.78 is 6.80. The standard InChI is InChI=1S/C27H33ClN4O3/c1-27(2,3)23-18-24(32(30-23)22-13-9-8-12-21(22)28)29-25(33)19-31(16-17-35-4)26(34)15-14-20-10-6-5-7-11-20/h5-13,18H,14-17,19H2,1-4H3,(H,29,33). The number of aromatic nitrogens is 2. The minimum Gasteiger partial charge on any atom is -0.383 e. The third-order valence-corrected chi connectivity index (χ3v) is 5.87. The van der Waals surface area contributed by atoms with Crippen molar-refractivity contribution < 1.29 is 14.3 Å². The van der Waals surface area contributed by atoms with E-state index < -0.39 is 0 Å². The zero-order chi connectivity index (χ0) is 25.4. The number of ether oxygens (including phenoxy) is 1. The quantitative estimate of drug-likeness (QED) is 0.434. The van der Waals surface area contributed by atoms with Crippen molar-refractivity contribution in [3.05, 3.63) is 76.9 Å². The maximum absolute atomic E-state index is 13.1. The first-order chi connectivity index (χ1) is 16.7. The number of nitrogens with zero attached hydrogens (tertiary/aromatic N) is 3. The molecule has 0 radical (unpaired) electrons. The molecule has 1 heterocycles. The molecule has 0 fully saturated rings. The van der Waals surface area contributed by atoms with Gasteiger partial charge in [-0.2, -0.15) is 5.10 Å². The lowest BCUT2D eigenvalue weighted by molar-refractivity contribution is -0.135. The fraction of sp³-hybridized carbons (Fsp3) is 0.370. The van der Waals surface area contributed by atoms with Gasteiger partial charge in [-0.1, -0.05) is 74.8 Å². The Labute approximate surface area is 212 Å². The number of benzene rings is 2. The summed E-state index contributed by atoms with van der Waals surface area (Å²) in [5.74, 6) is 0.0790. The van der Waals surface area contributed by atoms with Gasteiger partial charge in [-0.15, -0.1) is 0 Å². The van der Waals surface area contributed by atoms with E-state index in [9.17, 15) is 9.59 Å². The number of anilines is 1. The molecule has 2 aromatic carbocycles. The highest BCUT2D eigenvalue weighted by Crippen LogP contribution is 2.29. The van der Waals surface area contributed by atoms with E-state index in [0.717, 1.165) is 11.3 Å². The minimum absolute atomic E-state index is 0.0878. The summed E-state index contributed by atoms with van der Waals surface area (Å²) in [7, 11) is 1.57. The molecule has 2 amide bonds. The van der Waals surface area contributed by atoms with Gasteiger partial charge in [0.15, 0.2) is 0 Å². The summed E-state index contributed by atoms with van der Waals surface area (Å²) in [6, 6.07) is 19.0. The highest BCUT2D eigenvalue weighted by Gasteiger charge is 2.23. The summed E-state index contributed by atoms with van der Waals surface area (Å²) in [6.45, 7) is 6.74. The normalized spacial score (nSPS) is 11.3. The van der Waals surface area contributed by atoms with Crippen LogP contribution in [-0.4, -0.2) is 53.3 Å². The molecule has 8 heteroatoms. The molecular formula is C27H33ClN4O3. The van der Waals surface area contributed by atoms with Crippen molar-refractivity contribution in [3.8, 4) is 5.69 Å². The van der Waals surface area contributed by atoms with Crippen LogP contribution in [0.4, 0.5) is 5.82 Å². The van der Waals surface area contributed by atoms with Gasteiger partial charge in [-0.25, -0.2) is 4.68 Å². The third-order valence-electron chi connectivity index (χ3n) is 5.55. The lowest BCUT2D eigenvalue weighted by Crippen LogP contribution is -2.40. The van der Waals surface area contributed by atoms with Crippen molar-refractivity contribution in [1.82, 2.24) is 14.7 Å². The van der Waals surface area contributed by atoms with Crippen LogP contribution in [0.1, 0.15) is 38.4 Å². The highest BCUT2D eigenvalue weighted by molar-refractivity contribution is 6.32. The molecule has 1 N–H and O–H groups in total. The maximum Gasteiger partial charge on any atom is 0.245 e. The molecule has 35 heavy (non-hydrogen) atoms. The predicted octanol–water partition coefficient (Wildman–Crippen LogP) is 4.87. The average molecular weight is 497 g/mol. The van der Waals surface area contributed by atoms with E-state index >= 15 is 0 Å². The van der Waals surface area contributed by atoms with Crippen LogP contribution in [0, 0.1) is 0 Å². The first kappa shape index (κ1) is 26.4. The second-order valence-corrected chi connectivity index (χ2v) is 9.78. The lowest BCUT2D eigenvalue weighted by atomic mass is 9.92. The van der Waals surface area contributed by atoms with Gasteiger partial charge in [0.2, 0.25) is 11.8 Å². The molecule has 0 spiro atoms. The molecule has 7 nitrogen and oxygen atoms in total. The van der Waals surface area contributed by atoms with Crippen LogP contribution in [0.15, 0.2) is 60.7 Å². The predicted molar refractivity (Wildman–Crippen MR) is 139 cm³/mol. The third kappa shape index (κ3) is 7.41. The van der Waals surface area contributed by atoms with E-state index in [4.69, 9.17) is 21.4 Å². The number of halogens is 1. The Bertz CT molecular complexity index is 1140. The Morgan fingerprint density at radius 3 is 2.43 bits per heavy atom. The molecular weight excluding hydrogens is 464 g/mol. The number of para-hydroxylation sites is 1. The molecule has 0 aliphatic rings. The number of amides is 2. The summed E-state index contributed by atoms with van der Waals surface area (Å²) in [6.07, 6.45) is 0.922. The van der Waals surface area contributed by atoms with Crippen LogP contribution < -0.4 is 5.32 Å². The molecule has 0 saturated heterocycles. The smallest absolute Gasteiger partial charge is 0.245 e. The number of carbonyl (C=O) groups is 2. The van der Waals surface area contributed by atoms with Gasteiger partial charge >= 0.3 is 0 Å². The molecule has 3 rings (SSSR count). The molecule has 0 aliphatic carbocycles. The highest BCUT2D eigenvalue weighted by atomic mass is 35.5. The Hall–Kier alpha value is -3.16. The van der Waals surface area contributed by atoms with Crippen LogP contribution in [-0.2, 0) is 26.2 Å². The van der Waals surface area contributed by atoms with Crippen molar-refractivity contribution in [2.75, 3.05) is 32.1 Å². The Morgan fingerprint density at radius 2 is 1.77 bits per heavy atom. The molecule has 3 aromatic rings. The SMILES string of the molecule is COCCN(CC(=O)Nc1cc(C(C)(C)C)nn1-c1ccccc1Cl)C(=O)CCc1ccccc1. The molecule has 0 aliphatic heterocycles.